The van der Waals surface area contributed by atoms with E-state index in [4.69, 9.17) is 0 Å². The van der Waals surface area contributed by atoms with E-state index in [0.29, 0.717) is 13.0 Å². The second kappa shape index (κ2) is 6.95. The molecule has 1 amide bonds. The van der Waals surface area contributed by atoms with Crippen molar-refractivity contribution >= 4 is 17.6 Å². The van der Waals surface area contributed by atoms with E-state index in [9.17, 15) is 24.8 Å². The van der Waals surface area contributed by atoms with Crippen molar-refractivity contribution in [1.82, 2.24) is 4.90 Å². The van der Waals surface area contributed by atoms with Gasteiger partial charge in [0, 0.05) is 30.3 Å². The van der Waals surface area contributed by atoms with Gasteiger partial charge < -0.3 is 10.0 Å². The molecule has 1 atom stereocenters. The number of amides is 1. The topological polar surface area (TPSA) is 101 Å². The molecular weight excluding hydrogens is 336 g/mol. The Bertz CT molecular complexity index is 861. The number of rotatable bonds is 4. The van der Waals surface area contributed by atoms with Crippen molar-refractivity contribution in [1.29, 1.82) is 0 Å². The van der Waals surface area contributed by atoms with Gasteiger partial charge in [0.2, 0.25) is 0 Å². The monoisotopic (exact) mass is 354 g/mol. The van der Waals surface area contributed by atoms with Crippen LogP contribution in [-0.2, 0) is 13.0 Å². The molecule has 26 heavy (non-hydrogen) atoms. The van der Waals surface area contributed by atoms with Crippen LogP contribution in [0.15, 0.2) is 42.5 Å². The van der Waals surface area contributed by atoms with Gasteiger partial charge in [-0.2, -0.15) is 0 Å². The van der Waals surface area contributed by atoms with Crippen molar-refractivity contribution in [3.63, 3.8) is 0 Å². The zero-order valence-corrected chi connectivity index (χ0v) is 14.2. The third kappa shape index (κ3) is 3.28. The first-order chi connectivity index (χ1) is 12.4. The van der Waals surface area contributed by atoms with Crippen LogP contribution in [-0.4, -0.2) is 32.8 Å². The molecule has 0 saturated carbocycles. The molecule has 0 aliphatic carbocycles. The highest BCUT2D eigenvalue weighted by molar-refractivity contribution is 5.98. The highest BCUT2D eigenvalue weighted by Crippen LogP contribution is 2.27. The lowest BCUT2D eigenvalue weighted by Gasteiger charge is -2.36. The van der Waals surface area contributed by atoms with Crippen molar-refractivity contribution < 1.29 is 19.6 Å². The highest BCUT2D eigenvalue weighted by Gasteiger charge is 2.30. The molecule has 0 fully saturated rings. The van der Waals surface area contributed by atoms with Gasteiger partial charge in [-0.05, 0) is 30.0 Å². The summed E-state index contributed by atoms with van der Waals surface area (Å²) in [6, 6.07) is 11.1. The Kier molecular flexibility index (Phi) is 4.71. The summed E-state index contributed by atoms with van der Waals surface area (Å²) in [5, 5.41) is 20.3. The normalized spacial score (nSPS) is 16.0. The second-order valence-electron chi connectivity index (χ2n) is 6.30. The molecule has 3 rings (SSSR count). The lowest BCUT2D eigenvalue weighted by molar-refractivity contribution is -0.384. The van der Waals surface area contributed by atoms with Gasteiger partial charge in [-0.3, -0.25) is 14.9 Å². The first kappa shape index (κ1) is 17.6. The van der Waals surface area contributed by atoms with Gasteiger partial charge in [-0.1, -0.05) is 31.2 Å². The quantitative estimate of drug-likeness (QED) is 0.671. The van der Waals surface area contributed by atoms with Crippen LogP contribution in [0.3, 0.4) is 0 Å². The number of hydrogen-bond donors (Lipinski definition) is 1. The minimum absolute atomic E-state index is 0.0226. The van der Waals surface area contributed by atoms with E-state index < -0.39 is 22.5 Å². The van der Waals surface area contributed by atoms with Gasteiger partial charge in [0.1, 0.15) is 0 Å². The van der Waals surface area contributed by atoms with Crippen LogP contribution < -0.4 is 0 Å². The van der Waals surface area contributed by atoms with Crippen molar-refractivity contribution in [2.75, 3.05) is 0 Å². The molecule has 2 aromatic carbocycles. The minimum atomic E-state index is -1.31. The lowest BCUT2D eigenvalue weighted by Crippen LogP contribution is -2.44. The number of carbonyl (C=O) groups is 2. The van der Waals surface area contributed by atoms with E-state index in [1.54, 1.807) is 4.90 Å². The summed E-state index contributed by atoms with van der Waals surface area (Å²) in [4.78, 5) is 36.4. The van der Waals surface area contributed by atoms with Crippen LogP contribution in [0.1, 0.15) is 45.2 Å². The van der Waals surface area contributed by atoms with Crippen molar-refractivity contribution in [3.05, 3.63) is 74.8 Å². The van der Waals surface area contributed by atoms with Crippen LogP contribution in [0.5, 0.6) is 0 Å². The van der Waals surface area contributed by atoms with Gasteiger partial charge >= 0.3 is 5.97 Å². The Balaban J connectivity index is 2.00. The van der Waals surface area contributed by atoms with Crippen molar-refractivity contribution in [2.45, 2.75) is 32.4 Å². The van der Waals surface area contributed by atoms with Gasteiger partial charge in [0.05, 0.1) is 10.5 Å². The predicted molar refractivity (Wildman–Crippen MR) is 94.2 cm³/mol. The number of non-ortho nitro benzene ring substituents is 1. The summed E-state index contributed by atoms with van der Waals surface area (Å²) in [7, 11) is 0. The molecule has 1 N–H and O–H groups in total. The van der Waals surface area contributed by atoms with Gasteiger partial charge in [-0.25, -0.2) is 4.79 Å². The fraction of sp³-hybridized carbons (Fsp3) is 0.263. The van der Waals surface area contributed by atoms with Crippen LogP contribution in [0.2, 0.25) is 0 Å². The molecule has 1 aliphatic rings. The Morgan fingerprint density at radius 2 is 1.85 bits per heavy atom. The van der Waals surface area contributed by atoms with Crippen LogP contribution in [0.4, 0.5) is 5.69 Å². The number of aromatic carboxylic acids is 1. The van der Waals surface area contributed by atoms with Gasteiger partial charge in [0.25, 0.3) is 11.6 Å². The fourth-order valence-corrected chi connectivity index (χ4v) is 3.32. The zero-order chi connectivity index (χ0) is 18.8. The standard InChI is InChI=1S/C19H18N2O5/c1-2-16-8-12-5-3-4-6-13(12)11-20(16)18(22)14-7-15(19(23)24)10-17(9-14)21(25)26/h3-7,9-10,16H,2,8,11H2,1H3,(H,23,24). The maximum absolute atomic E-state index is 13.0. The number of nitro benzene ring substituents is 1. The smallest absolute Gasteiger partial charge is 0.335 e. The van der Waals surface area contributed by atoms with E-state index in [0.717, 1.165) is 24.1 Å². The molecule has 2 aromatic rings. The number of fused-ring (bicyclic) bond motifs is 1. The number of carboxylic acids is 1. The second-order valence-corrected chi connectivity index (χ2v) is 6.30. The molecule has 1 unspecified atom stereocenters. The number of nitro groups is 1. The van der Waals surface area contributed by atoms with Gasteiger partial charge in [-0.15, -0.1) is 0 Å². The summed E-state index contributed by atoms with van der Waals surface area (Å²) < 4.78 is 0. The predicted octanol–water partition coefficient (Wildman–Crippen LogP) is 3.27. The first-order valence-corrected chi connectivity index (χ1v) is 8.31. The summed E-state index contributed by atoms with van der Waals surface area (Å²) in [6.45, 7) is 2.38. The number of nitrogens with zero attached hydrogens (tertiary/aromatic N) is 2. The van der Waals surface area contributed by atoms with Crippen LogP contribution >= 0.6 is 0 Å². The summed E-state index contributed by atoms with van der Waals surface area (Å²) >= 11 is 0. The van der Waals surface area contributed by atoms with Crippen LogP contribution in [0, 0.1) is 10.1 Å². The molecule has 0 saturated heterocycles. The number of hydrogen-bond acceptors (Lipinski definition) is 4. The van der Waals surface area contributed by atoms with Crippen LogP contribution in [0.25, 0.3) is 0 Å². The van der Waals surface area contributed by atoms with Crippen molar-refractivity contribution in [3.8, 4) is 0 Å². The van der Waals surface area contributed by atoms with E-state index in [1.807, 2.05) is 31.2 Å². The Morgan fingerprint density at radius 1 is 1.19 bits per heavy atom. The number of carboxylic acid groups (broad SMARTS) is 1. The van der Waals surface area contributed by atoms with Crippen molar-refractivity contribution in [2.24, 2.45) is 0 Å². The third-order valence-electron chi connectivity index (χ3n) is 4.71. The third-order valence-corrected chi connectivity index (χ3v) is 4.71. The summed E-state index contributed by atoms with van der Waals surface area (Å²) in [5.41, 5.74) is 1.57. The molecule has 0 spiro atoms. The molecule has 1 heterocycles. The summed E-state index contributed by atoms with van der Waals surface area (Å²) in [5.74, 6) is -1.70. The molecular formula is C19H18N2O5. The largest absolute Gasteiger partial charge is 0.478 e. The van der Waals surface area contributed by atoms with E-state index in [2.05, 4.69) is 0 Å². The van der Waals surface area contributed by atoms with E-state index in [1.165, 1.54) is 11.6 Å². The number of carbonyl (C=O) groups excluding carboxylic acids is 1. The Morgan fingerprint density at radius 3 is 2.46 bits per heavy atom. The van der Waals surface area contributed by atoms with E-state index >= 15 is 0 Å². The maximum atomic E-state index is 13.0. The van der Waals surface area contributed by atoms with E-state index in [-0.39, 0.29) is 17.2 Å². The molecule has 7 nitrogen and oxygen atoms in total. The number of benzene rings is 2. The lowest BCUT2D eigenvalue weighted by atomic mass is 9.92. The SMILES string of the molecule is CCC1Cc2ccccc2CN1C(=O)c1cc(C(=O)O)cc([N+](=O)[O-])c1. The fourth-order valence-electron chi connectivity index (χ4n) is 3.32. The molecule has 134 valence electrons. The molecule has 0 aromatic heterocycles. The average molecular weight is 354 g/mol. The van der Waals surface area contributed by atoms with Gasteiger partial charge in [0.15, 0.2) is 0 Å². The highest BCUT2D eigenvalue weighted by atomic mass is 16.6. The zero-order valence-electron chi connectivity index (χ0n) is 14.2. The summed E-state index contributed by atoms with van der Waals surface area (Å²) in [6.07, 6.45) is 1.44. The molecule has 0 radical (unpaired) electrons. The first-order valence-electron chi connectivity index (χ1n) is 8.31. The Hall–Kier alpha value is -3.22. The molecule has 7 heteroatoms. The maximum Gasteiger partial charge on any atom is 0.335 e. The molecule has 1 aliphatic heterocycles. The average Bonchev–Trinajstić information content (AvgIpc) is 2.65. The Labute approximate surface area is 150 Å². The minimum Gasteiger partial charge on any atom is -0.478 e. The molecule has 0 bridgehead atoms.